The molecule has 1 atom stereocenters. The Labute approximate surface area is 109 Å². The zero-order valence-electron chi connectivity index (χ0n) is 10.4. The molecule has 0 aromatic carbocycles. The van der Waals surface area contributed by atoms with E-state index in [1.165, 1.54) is 4.68 Å². The molecule has 0 radical (unpaired) electrons. The van der Waals surface area contributed by atoms with Crippen LogP contribution < -0.4 is 0 Å². The molecule has 1 unspecified atom stereocenters. The molecular formula is C10H16N4O3S. The van der Waals surface area contributed by atoms with Gasteiger partial charge in [-0.05, 0) is 47.5 Å². The Balaban J connectivity index is 2.30. The highest BCUT2D eigenvalue weighted by Crippen LogP contribution is 2.18. The fourth-order valence-electron chi connectivity index (χ4n) is 1.28. The standard InChI is InChI=1S/C10H16N4O3S/c1-7(2)8(17-16)5-4-6-9(15)18-10-11-12-13-14(10)3/h8,16H,1,4-6H2,2-3H3. The van der Waals surface area contributed by atoms with Crippen molar-refractivity contribution in [2.24, 2.45) is 7.05 Å². The number of carbonyl (C=O) groups is 1. The van der Waals surface area contributed by atoms with Crippen LogP contribution >= 0.6 is 11.8 Å². The van der Waals surface area contributed by atoms with Gasteiger partial charge < -0.3 is 0 Å². The molecule has 0 aliphatic rings. The smallest absolute Gasteiger partial charge is 0.216 e. The van der Waals surface area contributed by atoms with Gasteiger partial charge in [-0.1, -0.05) is 6.58 Å². The minimum atomic E-state index is -0.417. The lowest BCUT2D eigenvalue weighted by Crippen LogP contribution is -2.12. The summed E-state index contributed by atoms with van der Waals surface area (Å²) < 4.78 is 1.44. The summed E-state index contributed by atoms with van der Waals surface area (Å²) in [5, 5.41) is 19.9. The van der Waals surface area contributed by atoms with Crippen molar-refractivity contribution in [1.82, 2.24) is 20.2 Å². The van der Waals surface area contributed by atoms with Gasteiger partial charge >= 0.3 is 0 Å². The second-order valence-electron chi connectivity index (χ2n) is 3.89. The van der Waals surface area contributed by atoms with Gasteiger partial charge in [0, 0.05) is 13.5 Å². The maximum absolute atomic E-state index is 11.6. The Bertz CT molecular complexity index is 421. The van der Waals surface area contributed by atoms with E-state index in [2.05, 4.69) is 27.0 Å². The molecule has 0 aliphatic carbocycles. The van der Waals surface area contributed by atoms with Crippen LogP contribution in [0.3, 0.4) is 0 Å². The van der Waals surface area contributed by atoms with Gasteiger partial charge in [0.25, 0.3) is 0 Å². The lowest BCUT2D eigenvalue weighted by molar-refractivity contribution is -0.269. The van der Waals surface area contributed by atoms with E-state index in [1.807, 2.05) is 0 Å². The Hall–Kier alpha value is -1.25. The normalized spacial score (nSPS) is 12.4. The third kappa shape index (κ3) is 4.55. The fourth-order valence-corrected chi connectivity index (χ4v) is 1.98. The third-order valence-corrected chi connectivity index (χ3v) is 3.27. The zero-order chi connectivity index (χ0) is 13.5. The lowest BCUT2D eigenvalue weighted by Gasteiger charge is -2.11. The number of tetrazole rings is 1. The highest BCUT2D eigenvalue weighted by Gasteiger charge is 2.13. The number of hydrogen-bond acceptors (Lipinski definition) is 7. The molecule has 0 bridgehead atoms. The Morgan fingerprint density at radius 3 is 2.89 bits per heavy atom. The summed E-state index contributed by atoms with van der Waals surface area (Å²) in [6.45, 7) is 5.46. The van der Waals surface area contributed by atoms with Crippen molar-refractivity contribution >= 4 is 16.9 Å². The van der Waals surface area contributed by atoms with Gasteiger partial charge in [-0.15, -0.1) is 5.10 Å². The highest BCUT2D eigenvalue weighted by atomic mass is 32.2. The molecule has 0 amide bonds. The molecule has 0 fully saturated rings. The number of thioether (sulfide) groups is 1. The van der Waals surface area contributed by atoms with Crippen molar-refractivity contribution in [3.05, 3.63) is 12.2 Å². The molecule has 18 heavy (non-hydrogen) atoms. The SMILES string of the molecule is C=C(C)C(CCCC(=O)Sc1nnnn1C)OO. The van der Waals surface area contributed by atoms with Crippen LogP contribution in [0, 0.1) is 0 Å². The molecule has 1 aromatic heterocycles. The second-order valence-corrected chi connectivity index (χ2v) is 4.92. The van der Waals surface area contributed by atoms with E-state index < -0.39 is 6.10 Å². The van der Waals surface area contributed by atoms with Crippen molar-refractivity contribution < 1.29 is 14.9 Å². The van der Waals surface area contributed by atoms with Crippen LogP contribution in [0.15, 0.2) is 17.3 Å². The largest absolute Gasteiger partial charge is 0.287 e. The minimum Gasteiger partial charge on any atom is -0.287 e. The highest BCUT2D eigenvalue weighted by molar-refractivity contribution is 8.13. The van der Waals surface area contributed by atoms with E-state index in [4.69, 9.17) is 5.26 Å². The molecule has 7 nitrogen and oxygen atoms in total. The molecular weight excluding hydrogens is 256 g/mol. The summed E-state index contributed by atoms with van der Waals surface area (Å²) in [5.74, 6) is 0. The molecule has 0 aliphatic heterocycles. The Morgan fingerprint density at radius 2 is 2.39 bits per heavy atom. The molecule has 0 saturated heterocycles. The summed E-state index contributed by atoms with van der Waals surface area (Å²) in [7, 11) is 1.67. The Kier molecular flexibility index (Phi) is 5.96. The monoisotopic (exact) mass is 272 g/mol. The van der Waals surface area contributed by atoms with Gasteiger partial charge in [0.2, 0.25) is 5.16 Å². The molecule has 1 heterocycles. The summed E-state index contributed by atoms with van der Waals surface area (Å²) >= 11 is 1.01. The summed E-state index contributed by atoms with van der Waals surface area (Å²) in [5.41, 5.74) is 0.732. The fraction of sp³-hybridized carbons (Fsp3) is 0.600. The van der Waals surface area contributed by atoms with Crippen LogP contribution in [0.1, 0.15) is 26.2 Å². The zero-order valence-corrected chi connectivity index (χ0v) is 11.2. The van der Waals surface area contributed by atoms with Crippen LogP contribution in [0.4, 0.5) is 0 Å². The van der Waals surface area contributed by atoms with E-state index in [9.17, 15) is 4.79 Å². The molecule has 1 N–H and O–H groups in total. The van der Waals surface area contributed by atoms with E-state index in [0.29, 0.717) is 24.4 Å². The van der Waals surface area contributed by atoms with Crippen LogP contribution in [0.25, 0.3) is 0 Å². The van der Waals surface area contributed by atoms with Gasteiger partial charge in [-0.25, -0.2) is 9.57 Å². The number of hydrogen-bond donors (Lipinski definition) is 1. The predicted molar refractivity (Wildman–Crippen MR) is 65.8 cm³/mol. The summed E-state index contributed by atoms with van der Waals surface area (Å²) in [4.78, 5) is 15.9. The topological polar surface area (TPSA) is 90.1 Å². The van der Waals surface area contributed by atoms with E-state index in [-0.39, 0.29) is 5.12 Å². The van der Waals surface area contributed by atoms with Crippen LogP contribution in [-0.2, 0) is 16.7 Å². The number of aryl methyl sites for hydroxylation is 1. The maximum Gasteiger partial charge on any atom is 0.216 e. The summed E-state index contributed by atoms with van der Waals surface area (Å²) in [6, 6.07) is 0. The summed E-state index contributed by atoms with van der Waals surface area (Å²) in [6.07, 6.45) is 1.11. The second kappa shape index (κ2) is 7.24. The van der Waals surface area contributed by atoms with Gasteiger partial charge in [-0.2, -0.15) is 0 Å². The number of rotatable bonds is 7. The van der Waals surface area contributed by atoms with E-state index >= 15 is 0 Å². The quantitative estimate of drug-likeness (QED) is 0.347. The van der Waals surface area contributed by atoms with E-state index in [1.54, 1.807) is 14.0 Å². The van der Waals surface area contributed by atoms with Crippen molar-refractivity contribution in [2.45, 2.75) is 37.4 Å². The van der Waals surface area contributed by atoms with Crippen LogP contribution in [0.2, 0.25) is 0 Å². The van der Waals surface area contributed by atoms with Crippen molar-refractivity contribution in [3.8, 4) is 0 Å². The molecule has 100 valence electrons. The molecule has 0 saturated carbocycles. The predicted octanol–water partition coefficient (Wildman–Crippen LogP) is 1.43. The first-order valence-corrected chi connectivity index (χ1v) is 6.25. The molecule has 1 aromatic rings. The Morgan fingerprint density at radius 1 is 1.67 bits per heavy atom. The molecule has 0 spiro atoms. The van der Waals surface area contributed by atoms with Gasteiger partial charge in [0.05, 0.1) is 0 Å². The minimum absolute atomic E-state index is 0.0219. The average Bonchev–Trinajstić information content (AvgIpc) is 2.70. The number of carbonyl (C=O) groups excluding carboxylic acids is 1. The van der Waals surface area contributed by atoms with Gasteiger partial charge in [0.15, 0.2) is 5.12 Å². The van der Waals surface area contributed by atoms with E-state index in [0.717, 1.165) is 17.3 Å². The molecule has 8 heteroatoms. The third-order valence-electron chi connectivity index (χ3n) is 2.31. The number of nitrogens with zero attached hydrogens (tertiary/aromatic N) is 4. The van der Waals surface area contributed by atoms with Crippen molar-refractivity contribution in [2.75, 3.05) is 0 Å². The van der Waals surface area contributed by atoms with Crippen molar-refractivity contribution in [1.29, 1.82) is 0 Å². The van der Waals surface area contributed by atoms with Crippen molar-refractivity contribution in [3.63, 3.8) is 0 Å². The maximum atomic E-state index is 11.6. The van der Waals surface area contributed by atoms with Crippen LogP contribution in [-0.4, -0.2) is 36.7 Å². The first-order chi connectivity index (χ1) is 8.54. The van der Waals surface area contributed by atoms with Gasteiger partial charge in [0.1, 0.15) is 6.10 Å². The number of aromatic nitrogens is 4. The first kappa shape index (κ1) is 14.8. The van der Waals surface area contributed by atoms with Crippen LogP contribution in [0.5, 0.6) is 0 Å². The average molecular weight is 272 g/mol. The first-order valence-electron chi connectivity index (χ1n) is 5.43. The lowest BCUT2D eigenvalue weighted by atomic mass is 10.1. The van der Waals surface area contributed by atoms with Gasteiger partial charge in [-0.3, -0.25) is 10.1 Å². The molecule has 1 rings (SSSR count).